The lowest BCUT2D eigenvalue weighted by Gasteiger charge is -1.83. The Morgan fingerprint density at radius 2 is 2.33 bits per heavy atom. The van der Waals surface area contributed by atoms with E-state index in [4.69, 9.17) is 4.42 Å². The molecule has 12 heavy (non-hydrogen) atoms. The summed E-state index contributed by atoms with van der Waals surface area (Å²) in [6.07, 6.45) is 3.50. The van der Waals surface area contributed by atoms with Crippen LogP contribution in [0.15, 0.2) is 39.6 Å². The average Bonchev–Trinajstić information content (AvgIpc) is 2.05. The molecule has 0 amide bonds. The third kappa shape index (κ3) is 2.47. The second kappa shape index (κ2) is 4.20. The van der Waals surface area contributed by atoms with Crippen molar-refractivity contribution >= 4 is 0 Å². The van der Waals surface area contributed by atoms with Gasteiger partial charge in [-0.1, -0.05) is 18.1 Å². The largest absolute Gasteiger partial charge is 0.414 e. The summed E-state index contributed by atoms with van der Waals surface area (Å²) in [6.45, 7) is 1.87. The predicted molar refractivity (Wildman–Crippen MR) is 46.7 cm³/mol. The zero-order valence-corrected chi connectivity index (χ0v) is 6.70. The molecule has 0 saturated carbocycles. The molecule has 0 aliphatic carbocycles. The molecule has 0 aliphatic heterocycles. The molecule has 0 aliphatic rings. The van der Waals surface area contributed by atoms with Crippen LogP contribution in [-0.4, -0.2) is 0 Å². The van der Waals surface area contributed by atoms with Crippen molar-refractivity contribution in [2.45, 2.75) is 6.92 Å². The maximum absolute atomic E-state index is 10.7. The fourth-order valence-electron chi connectivity index (χ4n) is 0.654. The van der Waals surface area contributed by atoms with Gasteiger partial charge in [-0.05, 0) is 25.0 Å². The van der Waals surface area contributed by atoms with Crippen molar-refractivity contribution in [2.24, 2.45) is 0 Å². The molecule has 0 bridgehead atoms. The molecule has 2 nitrogen and oxygen atoms in total. The first-order valence-electron chi connectivity index (χ1n) is 3.56. The number of allylic oxidation sites excluding steroid dienone is 2. The van der Waals surface area contributed by atoms with Crippen molar-refractivity contribution in [3.05, 3.63) is 46.5 Å². The third-order valence-electron chi connectivity index (χ3n) is 1.14. The van der Waals surface area contributed by atoms with Crippen molar-refractivity contribution in [3.8, 4) is 11.8 Å². The highest BCUT2D eigenvalue weighted by Gasteiger charge is 1.87. The lowest BCUT2D eigenvalue weighted by Crippen LogP contribution is -1.94. The summed E-state index contributed by atoms with van der Waals surface area (Å²) in [5, 5.41) is 0. The van der Waals surface area contributed by atoms with Gasteiger partial charge in [0.05, 0.1) is 0 Å². The summed E-state index contributed by atoms with van der Waals surface area (Å²) in [5.74, 6) is 5.79. The van der Waals surface area contributed by atoms with Crippen LogP contribution >= 0.6 is 0 Å². The van der Waals surface area contributed by atoms with Gasteiger partial charge in [0.1, 0.15) is 0 Å². The SMILES string of the molecule is C/C=C\C#Cc1cccc(=O)o1. The molecule has 0 atom stereocenters. The monoisotopic (exact) mass is 160 g/mol. The molecule has 2 heteroatoms. The molecule has 1 rings (SSSR count). The predicted octanol–water partition coefficient (Wildman–Crippen LogP) is 1.57. The van der Waals surface area contributed by atoms with Gasteiger partial charge in [0.2, 0.25) is 0 Å². The van der Waals surface area contributed by atoms with Gasteiger partial charge in [0.25, 0.3) is 0 Å². The van der Waals surface area contributed by atoms with Crippen LogP contribution in [0.4, 0.5) is 0 Å². The van der Waals surface area contributed by atoms with Crippen LogP contribution in [0.1, 0.15) is 12.7 Å². The van der Waals surface area contributed by atoms with E-state index in [-0.39, 0.29) is 5.63 Å². The van der Waals surface area contributed by atoms with Gasteiger partial charge >= 0.3 is 5.63 Å². The Labute approximate surface area is 70.5 Å². The highest BCUT2D eigenvalue weighted by molar-refractivity contribution is 5.28. The Balaban J connectivity index is 2.92. The number of hydrogen-bond acceptors (Lipinski definition) is 2. The Morgan fingerprint density at radius 3 is 3.00 bits per heavy atom. The normalized spacial score (nSPS) is 9.42. The van der Waals surface area contributed by atoms with Gasteiger partial charge in [0, 0.05) is 6.07 Å². The zero-order valence-electron chi connectivity index (χ0n) is 6.70. The minimum absolute atomic E-state index is 0.373. The maximum Gasteiger partial charge on any atom is 0.336 e. The zero-order chi connectivity index (χ0) is 8.81. The number of hydrogen-bond donors (Lipinski definition) is 0. The molecule has 0 fully saturated rings. The topological polar surface area (TPSA) is 30.2 Å². The minimum atomic E-state index is -0.373. The molecule has 0 saturated heterocycles. The van der Waals surface area contributed by atoms with Crippen molar-refractivity contribution in [1.82, 2.24) is 0 Å². The van der Waals surface area contributed by atoms with Crippen LogP contribution in [0.2, 0.25) is 0 Å². The molecule has 0 aromatic carbocycles. The standard InChI is InChI=1S/C10H8O2/c1-2-3-4-6-9-7-5-8-10(11)12-9/h2-3,5,7-8H,1H3/b3-2-. The fraction of sp³-hybridized carbons (Fsp3) is 0.100. The van der Waals surface area contributed by atoms with Gasteiger partial charge in [-0.2, -0.15) is 0 Å². The summed E-state index contributed by atoms with van der Waals surface area (Å²) in [7, 11) is 0. The first-order chi connectivity index (χ1) is 5.83. The van der Waals surface area contributed by atoms with Gasteiger partial charge in [-0.15, -0.1) is 0 Å². The van der Waals surface area contributed by atoms with E-state index in [2.05, 4.69) is 11.8 Å². The molecule has 1 heterocycles. The van der Waals surface area contributed by atoms with E-state index < -0.39 is 0 Å². The van der Waals surface area contributed by atoms with Crippen LogP contribution < -0.4 is 5.63 Å². The molecule has 0 radical (unpaired) electrons. The van der Waals surface area contributed by atoms with Crippen LogP contribution in [0.25, 0.3) is 0 Å². The Morgan fingerprint density at radius 1 is 1.50 bits per heavy atom. The van der Waals surface area contributed by atoms with E-state index in [1.54, 1.807) is 18.2 Å². The van der Waals surface area contributed by atoms with E-state index in [0.717, 1.165) is 0 Å². The first kappa shape index (κ1) is 8.35. The highest BCUT2D eigenvalue weighted by atomic mass is 16.4. The van der Waals surface area contributed by atoms with Gasteiger partial charge in [-0.3, -0.25) is 0 Å². The Bertz CT molecular complexity index is 388. The molecule has 0 unspecified atom stereocenters. The maximum atomic E-state index is 10.7. The molecule has 0 N–H and O–H groups in total. The smallest absolute Gasteiger partial charge is 0.336 e. The van der Waals surface area contributed by atoms with Crippen LogP contribution in [0.5, 0.6) is 0 Å². The minimum Gasteiger partial charge on any atom is -0.414 e. The van der Waals surface area contributed by atoms with Gasteiger partial charge < -0.3 is 4.42 Å². The Kier molecular flexibility index (Phi) is 2.92. The lowest BCUT2D eigenvalue weighted by atomic mass is 10.4. The Hall–Kier alpha value is -1.75. The quantitative estimate of drug-likeness (QED) is 0.539. The summed E-state index contributed by atoms with van der Waals surface area (Å²) in [4.78, 5) is 10.7. The number of rotatable bonds is 0. The fourth-order valence-corrected chi connectivity index (χ4v) is 0.654. The van der Waals surface area contributed by atoms with E-state index in [1.807, 2.05) is 13.0 Å². The van der Waals surface area contributed by atoms with E-state index in [1.165, 1.54) is 6.07 Å². The van der Waals surface area contributed by atoms with Crippen molar-refractivity contribution in [1.29, 1.82) is 0 Å². The molecule has 1 aromatic heterocycles. The highest BCUT2D eigenvalue weighted by Crippen LogP contribution is 1.89. The first-order valence-corrected chi connectivity index (χ1v) is 3.56. The van der Waals surface area contributed by atoms with Crippen molar-refractivity contribution in [2.75, 3.05) is 0 Å². The summed E-state index contributed by atoms with van der Waals surface area (Å²) in [5.41, 5.74) is -0.373. The van der Waals surface area contributed by atoms with Crippen LogP contribution in [-0.2, 0) is 0 Å². The molecular formula is C10H8O2. The van der Waals surface area contributed by atoms with Gasteiger partial charge in [0.15, 0.2) is 5.76 Å². The molecule has 1 aromatic rings. The summed E-state index contributed by atoms with van der Waals surface area (Å²) >= 11 is 0. The second-order valence-electron chi connectivity index (χ2n) is 2.08. The second-order valence-corrected chi connectivity index (χ2v) is 2.08. The van der Waals surface area contributed by atoms with Crippen LogP contribution in [0.3, 0.4) is 0 Å². The third-order valence-corrected chi connectivity index (χ3v) is 1.14. The van der Waals surface area contributed by atoms with Crippen molar-refractivity contribution < 1.29 is 4.42 Å². The summed E-state index contributed by atoms with van der Waals surface area (Å²) < 4.78 is 4.76. The molecule has 60 valence electrons. The van der Waals surface area contributed by atoms with E-state index in [9.17, 15) is 4.79 Å². The lowest BCUT2D eigenvalue weighted by molar-refractivity contribution is 0.499. The van der Waals surface area contributed by atoms with E-state index >= 15 is 0 Å². The van der Waals surface area contributed by atoms with Crippen molar-refractivity contribution in [3.63, 3.8) is 0 Å². The van der Waals surface area contributed by atoms with Gasteiger partial charge in [-0.25, -0.2) is 4.79 Å². The van der Waals surface area contributed by atoms with Crippen LogP contribution in [0, 0.1) is 11.8 Å². The summed E-state index contributed by atoms with van der Waals surface area (Å²) in [6, 6.07) is 4.62. The molecule has 0 spiro atoms. The molecular weight excluding hydrogens is 152 g/mol. The average molecular weight is 160 g/mol. The van der Waals surface area contributed by atoms with E-state index in [0.29, 0.717) is 5.76 Å².